The molecule has 0 aliphatic rings. The summed E-state index contributed by atoms with van der Waals surface area (Å²) in [6.45, 7) is 1.98. The van der Waals surface area contributed by atoms with Gasteiger partial charge >= 0.3 is 0 Å². The Bertz CT molecular complexity index is 396. The number of hydrogen-bond donors (Lipinski definition) is 1. The van der Waals surface area contributed by atoms with Crippen LogP contribution in [0.3, 0.4) is 0 Å². The summed E-state index contributed by atoms with van der Waals surface area (Å²) < 4.78 is 0. The molecule has 0 aliphatic carbocycles. The molecule has 0 bridgehead atoms. The molecule has 0 fully saturated rings. The van der Waals surface area contributed by atoms with Crippen molar-refractivity contribution in [2.45, 2.75) is 6.92 Å². The van der Waals surface area contributed by atoms with Crippen LogP contribution in [0.1, 0.15) is 10.4 Å². The van der Waals surface area contributed by atoms with E-state index in [1.807, 2.05) is 24.4 Å². The van der Waals surface area contributed by atoms with Gasteiger partial charge < -0.3 is 5.73 Å². The van der Waals surface area contributed by atoms with Gasteiger partial charge in [-0.2, -0.15) is 5.26 Å². The van der Waals surface area contributed by atoms with E-state index in [1.54, 1.807) is 17.4 Å². The maximum absolute atomic E-state index is 8.70. The second-order valence-corrected chi connectivity index (χ2v) is 3.89. The summed E-state index contributed by atoms with van der Waals surface area (Å²) in [7, 11) is 0. The predicted octanol–water partition coefficient (Wildman–Crippen LogP) is 2.25. The SMILES string of the molecule is Cc1ccsc1/C=C(\C#N)C(N)=S. The van der Waals surface area contributed by atoms with Gasteiger partial charge in [0.15, 0.2) is 0 Å². The Kier molecular flexibility index (Phi) is 3.18. The van der Waals surface area contributed by atoms with Gasteiger partial charge in [-0.05, 0) is 30.0 Å². The van der Waals surface area contributed by atoms with Crippen LogP contribution < -0.4 is 5.73 Å². The van der Waals surface area contributed by atoms with Crippen LogP contribution in [0.5, 0.6) is 0 Å². The topological polar surface area (TPSA) is 49.8 Å². The molecule has 0 aromatic carbocycles. The molecule has 4 heteroatoms. The van der Waals surface area contributed by atoms with Crippen LogP contribution in [0.2, 0.25) is 0 Å². The maximum atomic E-state index is 8.70. The van der Waals surface area contributed by atoms with Crippen LogP contribution in [0.25, 0.3) is 6.08 Å². The Hall–Kier alpha value is -1.18. The van der Waals surface area contributed by atoms with Crippen molar-refractivity contribution in [3.8, 4) is 6.07 Å². The van der Waals surface area contributed by atoms with E-state index in [9.17, 15) is 0 Å². The van der Waals surface area contributed by atoms with E-state index in [-0.39, 0.29) is 4.99 Å². The van der Waals surface area contributed by atoms with E-state index in [0.717, 1.165) is 10.4 Å². The van der Waals surface area contributed by atoms with Crippen molar-refractivity contribution in [2.24, 2.45) is 5.73 Å². The van der Waals surface area contributed by atoms with Gasteiger partial charge in [0, 0.05) is 4.88 Å². The number of hydrogen-bond acceptors (Lipinski definition) is 3. The highest BCUT2D eigenvalue weighted by atomic mass is 32.1. The fraction of sp³-hybridized carbons (Fsp3) is 0.111. The fourth-order valence-corrected chi connectivity index (χ4v) is 1.79. The lowest BCUT2D eigenvalue weighted by molar-refractivity contribution is 1.50. The normalized spacial score (nSPS) is 10.9. The van der Waals surface area contributed by atoms with Crippen molar-refractivity contribution < 1.29 is 0 Å². The van der Waals surface area contributed by atoms with Gasteiger partial charge in [0.25, 0.3) is 0 Å². The van der Waals surface area contributed by atoms with Gasteiger partial charge in [-0.3, -0.25) is 0 Å². The lowest BCUT2D eigenvalue weighted by Gasteiger charge is -1.93. The highest BCUT2D eigenvalue weighted by molar-refractivity contribution is 7.80. The van der Waals surface area contributed by atoms with Crippen LogP contribution in [-0.4, -0.2) is 4.99 Å². The molecule has 0 amide bonds. The molecular weight excluding hydrogens is 200 g/mol. The van der Waals surface area contributed by atoms with Gasteiger partial charge in [0.05, 0.1) is 5.57 Å². The number of thiocarbonyl (C=S) groups is 1. The van der Waals surface area contributed by atoms with Gasteiger partial charge in [-0.15, -0.1) is 11.3 Å². The second-order valence-electron chi connectivity index (χ2n) is 2.50. The quantitative estimate of drug-likeness (QED) is 0.460. The predicted molar refractivity (Wildman–Crippen MR) is 59.4 cm³/mol. The molecule has 1 rings (SSSR count). The number of nitriles is 1. The summed E-state index contributed by atoms with van der Waals surface area (Å²) in [5.74, 6) is 0. The first-order valence-electron chi connectivity index (χ1n) is 3.61. The molecule has 0 unspecified atom stereocenters. The molecule has 0 radical (unpaired) electrons. The van der Waals surface area contributed by atoms with E-state index in [0.29, 0.717) is 5.57 Å². The Morgan fingerprint density at radius 1 is 1.77 bits per heavy atom. The van der Waals surface area contributed by atoms with Crippen molar-refractivity contribution >= 4 is 34.6 Å². The molecule has 1 aromatic rings. The zero-order valence-corrected chi connectivity index (χ0v) is 8.71. The molecule has 1 aromatic heterocycles. The summed E-state index contributed by atoms with van der Waals surface area (Å²) >= 11 is 6.29. The monoisotopic (exact) mass is 208 g/mol. The average molecular weight is 208 g/mol. The van der Waals surface area contributed by atoms with Crippen molar-refractivity contribution in [3.05, 3.63) is 27.5 Å². The number of thiophene rings is 1. The molecular formula is C9H8N2S2. The summed E-state index contributed by atoms with van der Waals surface area (Å²) in [6, 6.07) is 3.96. The number of nitrogens with two attached hydrogens (primary N) is 1. The number of aryl methyl sites for hydroxylation is 1. The van der Waals surface area contributed by atoms with Crippen LogP contribution in [0.4, 0.5) is 0 Å². The molecule has 0 spiro atoms. The highest BCUT2D eigenvalue weighted by Gasteiger charge is 2.01. The summed E-state index contributed by atoms with van der Waals surface area (Å²) in [5, 5.41) is 10.7. The number of nitrogens with zero attached hydrogens (tertiary/aromatic N) is 1. The third-order valence-corrected chi connectivity index (χ3v) is 2.75. The molecule has 2 N–H and O–H groups in total. The molecule has 0 atom stereocenters. The van der Waals surface area contributed by atoms with Crippen LogP contribution in [-0.2, 0) is 0 Å². The van der Waals surface area contributed by atoms with Crippen LogP contribution in [0.15, 0.2) is 17.0 Å². The van der Waals surface area contributed by atoms with E-state index in [4.69, 9.17) is 23.2 Å². The minimum absolute atomic E-state index is 0.148. The van der Waals surface area contributed by atoms with Gasteiger partial charge in [-0.1, -0.05) is 12.2 Å². The largest absolute Gasteiger partial charge is 0.389 e. The molecule has 1 heterocycles. The zero-order chi connectivity index (χ0) is 9.84. The minimum Gasteiger partial charge on any atom is -0.389 e. The lowest BCUT2D eigenvalue weighted by atomic mass is 10.2. The van der Waals surface area contributed by atoms with E-state index >= 15 is 0 Å². The third kappa shape index (κ3) is 2.38. The number of rotatable bonds is 2. The Balaban J connectivity index is 3.07. The smallest absolute Gasteiger partial charge is 0.114 e. The van der Waals surface area contributed by atoms with Crippen LogP contribution >= 0.6 is 23.6 Å². The first-order valence-corrected chi connectivity index (χ1v) is 4.89. The molecule has 13 heavy (non-hydrogen) atoms. The van der Waals surface area contributed by atoms with E-state index in [1.165, 1.54) is 0 Å². The first-order chi connectivity index (χ1) is 6.15. The second kappa shape index (κ2) is 4.17. The van der Waals surface area contributed by atoms with Crippen molar-refractivity contribution in [1.82, 2.24) is 0 Å². The molecule has 0 saturated heterocycles. The zero-order valence-electron chi connectivity index (χ0n) is 7.07. The highest BCUT2D eigenvalue weighted by Crippen LogP contribution is 2.18. The van der Waals surface area contributed by atoms with Gasteiger partial charge in [0.1, 0.15) is 11.1 Å². The molecule has 66 valence electrons. The van der Waals surface area contributed by atoms with E-state index < -0.39 is 0 Å². The van der Waals surface area contributed by atoms with Crippen molar-refractivity contribution in [2.75, 3.05) is 0 Å². The fourth-order valence-electron chi connectivity index (χ4n) is 0.822. The lowest BCUT2D eigenvalue weighted by Crippen LogP contribution is -2.09. The summed E-state index contributed by atoms with van der Waals surface area (Å²) in [4.78, 5) is 1.18. The maximum Gasteiger partial charge on any atom is 0.114 e. The average Bonchev–Trinajstić information content (AvgIpc) is 2.46. The molecule has 2 nitrogen and oxygen atoms in total. The Morgan fingerprint density at radius 3 is 2.85 bits per heavy atom. The third-order valence-electron chi connectivity index (χ3n) is 1.56. The molecule has 0 saturated carbocycles. The molecule has 0 aliphatic heterocycles. The first kappa shape index (κ1) is 9.90. The van der Waals surface area contributed by atoms with E-state index in [2.05, 4.69) is 0 Å². The summed E-state index contributed by atoms with van der Waals surface area (Å²) in [5.41, 5.74) is 6.85. The Labute approximate surface area is 86.3 Å². The minimum atomic E-state index is 0.148. The standard InChI is InChI=1S/C9H8N2S2/c1-6-2-3-13-8(6)4-7(5-10)9(11)12/h2-4H,1H3,(H2,11,12)/b7-4+. The van der Waals surface area contributed by atoms with Gasteiger partial charge in [0.2, 0.25) is 0 Å². The summed E-state index contributed by atoms with van der Waals surface area (Å²) in [6.07, 6.45) is 1.72. The van der Waals surface area contributed by atoms with Crippen molar-refractivity contribution in [3.63, 3.8) is 0 Å². The Morgan fingerprint density at radius 2 is 2.46 bits per heavy atom. The van der Waals surface area contributed by atoms with Gasteiger partial charge in [-0.25, -0.2) is 0 Å². The van der Waals surface area contributed by atoms with Crippen molar-refractivity contribution in [1.29, 1.82) is 5.26 Å². The van der Waals surface area contributed by atoms with Crippen LogP contribution in [0, 0.1) is 18.3 Å².